The largest absolute Gasteiger partial charge is 0.321 e. The highest BCUT2D eigenvalue weighted by atomic mass is 33.1. The summed E-state index contributed by atoms with van der Waals surface area (Å²) >= 11 is 0. The smallest absolute Gasteiger partial charge is 0.255 e. The molecule has 0 spiro atoms. The summed E-state index contributed by atoms with van der Waals surface area (Å²) in [6.45, 7) is 8.08. The van der Waals surface area contributed by atoms with E-state index in [1.807, 2.05) is 76.2 Å². The van der Waals surface area contributed by atoms with E-state index in [2.05, 4.69) is 22.8 Å². The van der Waals surface area contributed by atoms with Gasteiger partial charge < -0.3 is 10.6 Å². The Morgan fingerprint density at radius 2 is 0.833 bits per heavy atom. The second-order valence-corrected chi connectivity index (χ2v) is 10.8. The zero-order chi connectivity index (χ0) is 25.7. The van der Waals surface area contributed by atoms with Crippen LogP contribution in [-0.2, 0) is 0 Å². The van der Waals surface area contributed by atoms with Crippen molar-refractivity contribution >= 4 is 44.8 Å². The Morgan fingerprint density at radius 3 is 1.19 bits per heavy atom. The van der Waals surface area contributed by atoms with Crippen LogP contribution < -0.4 is 10.6 Å². The molecule has 4 rings (SSSR count). The summed E-state index contributed by atoms with van der Waals surface area (Å²) in [4.78, 5) is 27.9. The van der Waals surface area contributed by atoms with Crippen molar-refractivity contribution in [3.8, 4) is 0 Å². The fraction of sp³-hybridized carbons (Fsp3) is 0.133. The third-order valence-electron chi connectivity index (χ3n) is 5.88. The van der Waals surface area contributed by atoms with E-state index in [9.17, 15) is 9.59 Å². The molecular formula is C30H28N2O2S2. The maximum absolute atomic E-state index is 12.9. The van der Waals surface area contributed by atoms with Crippen LogP contribution in [0.1, 0.15) is 43.0 Å². The maximum Gasteiger partial charge on any atom is 0.255 e. The number of anilines is 2. The fourth-order valence-electron chi connectivity index (χ4n) is 3.73. The van der Waals surface area contributed by atoms with E-state index in [-0.39, 0.29) is 11.8 Å². The molecule has 0 unspecified atom stereocenters. The summed E-state index contributed by atoms with van der Waals surface area (Å²) < 4.78 is 0. The van der Waals surface area contributed by atoms with Gasteiger partial charge in [-0.1, -0.05) is 60.7 Å². The number of nitrogens with one attached hydrogen (secondary N) is 2. The Hall–Kier alpha value is -3.48. The summed E-state index contributed by atoms with van der Waals surface area (Å²) in [5.41, 5.74) is 6.97. The lowest BCUT2D eigenvalue weighted by Crippen LogP contribution is -2.14. The van der Waals surface area contributed by atoms with Gasteiger partial charge in [0.15, 0.2) is 0 Å². The normalized spacial score (nSPS) is 10.7. The van der Waals surface area contributed by atoms with Crippen molar-refractivity contribution in [3.63, 3.8) is 0 Å². The molecule has 0 aliphatic rings. The number of hydrogen-bond acceptors (Lipinski definition) is 4. The Morgan fingerprint density at radius 1 is 0.500 bits per heavy atom. The van der Waals surface area contributed by atoms with Gasteiger partial charge in [-0.2, -0.15) is 0 Å². The van der Waals surface area contributed by atoms with Gasteiger partial charge in [-0.3, -0.25) is 9.59 Å². The highest BCUT2D eigenvalue weighted by Crippen LogP contribution is 2.47. The molecule has 0 heterocycles. The Labute approximate surface area is 220 Å². The molecule has 36 heavy (non-hydrogen) atoms. The summed E-state index contributed by atoms with van der Waals surface area (Å²) in [7, 11) is 3.18. The first-order valence-corrected chi connectivity index (χ1v) is 13.8. The number of amides is 2. The molecule has 4 aromatic carbocycles. The van der Waals surface area contributed by atoms with Crippen molar-refractivity contribution in [2.75, 3.05) is 10.6 Å². The quantitative estimate of drug-likeness (QED) is 0.245. The zero-order valence-electron chi connectivity index (χ0n) is 20.7. The van der Waals surface area contributed by atoms with Gasteiger partial charge in [0.25, 0.3) is 11.8 Å². The van der Waals surface area contributed by atoms with Gasteiger partial charge >= 0.3 is 0 Å². The average Bonchev–Trinajstić information content (AvgIpc) is 2.90. The zero-order valence-corrected chi connectivity index (χ0v) is 22.3. The van der Waals surface area contributed by atoms with Crippen molar-refractivity contribution in [1.29, 1.82) is 0 Å². The molecule has 0 aliphatic heterocycles. The van der Waals surface area contributed by atoms with E-state index in [1.54, 1.807) is 45.9 Å². The average molecular weight is 513 g/mol. The second-order valence-electron chi connectivity index (χ2n) is 8.61. The topological polar surface area (TPSA) is 58.2 Å². The minimum Gasteiger partial charge on any atom is -0.321 e. The summed E-state index contributed by atoms with van der Waals surface area (Å²) in [6, 6.07) is 26.6. The molecule has 0 bridgehead atoms. The van der Waals surface area contributed by atoms with Crippen molar-refractivity contribution < 1.29 is 9.59 Å². The molecular weight excluding hydrogens is 484 g/mol. The Bertz CT molecular complexity index is 1290. The summed E-state index contributed by atoms with van der Waals surface area (Å²) in [6.07, 6.45) is 0. The van der Waals surface area contributed by atoms with Crippen LogP contribution in [0.4, 0.5) is 11.4 Å². The molecule has 0 saturated heterocycles. The van der Waals surface area contributed by atoms with Crippen molar-refractivity contribution in [1.82, 2.24) is 0 Å². The van der Waals surface area contributed by atoms with Crippen LogP contribution in [0.15, 0.2) is 94.7 Å². The number of carbonyl (C=O) groups is 2. The predicted molar refractivity (Wildman–Crippen MR) is 152 cm³/mol. The number of aryl methyl sites for hydroxylation is 4. The standard InChI is InChI=1S/C30H28N2O2S2/c1-19-15-17-21(3)27(25(19)31-29(33)23-11-7-5-8-12-23)35-36-28-22(4)18-16-20(2)26(28)32-30(34)24-13-9-6-10-14-24/h5-18H,1-4H3,(H,31,33)(H,32,34). The first kappa shape index (κ1) is 25.6. The second kappa shape index (κ2) is 11.5. The van der Waals surface area contributed by atoms with Crippen LogP contribution in [0.3, 0.4) is 0 Å². The number of rotatable bonds is 7. The number of hydrogen-bond donors (Lipinski definition) is 2. The van der Waals surface area contributed by atoms with Crippen LogP contribution in [-0.4, -0.2) is 11.8 Å². The van der Waals surface area contributed by atoms with Gasteiger partial charge in [-0.15, -0.1) is 0 Å². The molecule has 6 heteroatoms. The third-order valence-corrected chi connectivity index (χ3v) is 8.60. The minimum absolute atomic E-state index is 0.140. The van der Waals surface area contributed by atoms with E-state index < -0.39 is 0 Å². The molecule has 0 aromatic heterocycles. The van der Waals surface area contributed by atoms with Crippen molar-refractivity contribution in [2.45, 2.75) is 37.5 Å². The van der Waals surface area contributed by atoms with E-state index in [0.29, 0.717) is 11.1 Å². The predicted octanol–water partition coefficient (Wildman–Crippen LogP) is 8.22. The van der Waals surface area contributed by atoms with Crippen molar-refractivity contribution in [3.05, 3.63) is 118 Å². The minimum atomic E-state index is -0.140. The van der Waals surface area contributed by atoms with Crippen LogP contribution in [0.25, 0.3) is 0 Å². The lowest BCUT2D eigenvalue weighted by atomic mass is 10.1. The van der Waals surface area contributed by atoms with Crippen molar-refractivity contribution in [2.24, 2.45) is 0 Å². The Kier molecular flexibility index (Phi) is 8.18. The maximum atomic E-state index is 12.9. The first-order chi connectivity index (χ1) is 17.3. The summed E-state index contributed by atoms with van der Waals surface area (Å²) in [5.74, 6) is -0.280. The third kappa shape index (κ3) is 5.83. The van der Waals surface area contributed by atoms with Crippen LogP contribution >= 0.6 is 21.6 Å². The lowest BCUT2D eigenvalue weighted by molar-refractivity contribution is 0.101. The summed E-state index contributed by atoms with van der Waals surface area (Å²) in [5, 5.41) is 6.25. The molecule has 0 radical (unpaired) electrons. The molecule has 4 aromatic rings. The van der Waals surface area contributed by atoms with Gasteiger partial charge in [0, 0.05) is 20.9 Å². The van der Waals surface area contributed by atoms with Crippen LogP contribution in [0.5, 0.6) is 0 Å². The van der Waals surface area contributed by atoms with E-state index in [1.165, 1.54) is 0 Å². The van der Waals surface area contributed by atoms with E-state index >= 15 is 0 Å². The van der Waals surface area contributed by atoms with Gasteiger partial charge in [0.1, 0.15) is 0 Å². The highest BCUT2D eigenvalue weighted by molar-refractivity contribution is 8.76. The van der Waals surface area contributed by atoms with Gasteiger partial charge in [0.2, 0.25) is 0 Å². The highest BCUT2D eigenvalue weighted by Gasteiger charge is 2.18. The molecule has 0 fully saturated rings. The monoisotopic (exact) mass is 512 g/mol. The van der Waals surface area contributed by atoms with Gasteiger partial charge in [-0.05, 0) is 95.8 Å². The molecule has 4 nitrogen and oxygen atoms in total. The fourth-order valence-corrected chi connectivity index (χ4v) is 6.67. The Balaban J connectivity index is 1.62. The van der Waals surface area contributed by atoms with Gasteiger partial charge in [-0.25, -0.2) is 0 Å². The molecule has 182 valence electrons. The molecule has 0 aliphatic carbocycles. The molecule has 2 N–H and O–H groups in total. The first-order valence-electron chi connectivity index (χ1n) is 11.6. The van der Waals surface area contributed by atoms with Crippen LogP contribution in [0, 0.1) is 27.7 Å². The number of carbonyl (C=O) groups excluding carboxylic acids is 2. The van der Waals surface area contributed by atoms with E-state index in [0.717, 1.165) is 43.4 Å². The molecule has 0 atom stereocenters. The SMILES string of the molecule is Cc1ccc(C)c(SSc2c(C)ccc(C)c2NC(=O)c2ccccc2)c1NC(=O)c1ccccc1. The molecule has 2 amide bonds. The van der Waals surface area contributed by atoms with Gasteiger partial charge in [0.05, 0.1) is 11.4 Å². The van der Waals surface area contributed by atoms with E-state index in [4.69, 9.17) is 0 Å². The lowest BCUT2D eigenvalue weighted by Gasteiger charge is -2.19. The number of benzene rings is 4. The van der Waals surface area contributed by atoms with Crippen LogP contribution in [0.2, 0.25) is 0 Å². The molecule has 0 saturated carbocycles.